The van der Waals surface area contributed by atoms with E-state index in [-0.39, 0.29) is 5.82 Å². The molecule has 0 bridgehead atoms. The van der Waals surface area contributed by atoms with Crippen LogP contribution in [0.4, 0.5) is 10.1 Å². The predicted octanol–water partition coefficient (Wildman–Crippen LogP) is 4.08. The number of rotatable bonds is 4. The first-order valence-electron chi connectivity index (χ1n) is 5.90. The van der Waals surface area contributed by atoms with Crippen LogP contribution in [0.1, 0.15) is 11.1 Å². The van der Waals surface area contributed by atoms with Gasteiger partial charge in [0.15, 0.2) is 0 Å². The Morgan fingerprint density at radius 3 is 2.75 bits per heavy atom. The molecular weight excluding hydrogens is 323 g/mol. The fraction of sp³-hybridized carbons (Fsp3) is 0.133. The van der Waals surface area contributed by atoms with Crippen molar-refractivity contribution in [1.82, 2.24) is 0 Å². The smallest absolute Gasteiger partial charge is 0.137 e. The Kier molecular flexibility index (Phi) is 4.59. The third kappa shape index (κ3) is 3.28. The lowest BCUT2D eigenvalue weighted by Crippen LogP contribution is -2.00. The summed E-state index contributed by atoms with van der Waals surface area (Å²) in [6.07, 6.45) is 0. The Morgan fingerprint density at radius 2 is 2.10 bits per heavy atom. The van der Waals surface area contributed by atoms with Crippen molar-refractivity contribution >= 4 is 21.6 Å². The van der Waals surface area contributed by atoms with Gasteiger partial charge in [-0.15, -0.1) is 0 Å². The summed E-state index contributed by atoms with van der Waals surface area (Å²) < 4.78 is 18.7. The van der Waals surface area contributed by atoms with Gasteiger partial charge in [-0.25, -0.2) is 4.39 Å². The molecule has 0 saturated heterocycles. The first-order valence-corrected chi connectivity index (χ1v) is 6.69. The maximum atomic E-state index is 13.1. The van der Waals surface area contributed by atoms with Gasteiger partial charge in [-0.1, -0.05) is 6.07 Å². The molecule has 0 aliphatic rings. The molecule has 0 aliphatic heterocycles. The van der Waals surface area contributed by atoms with Crippen LogP contribution in [0.3, 0.4) is 0 Å². The van der Waals surface area contributed by atoms with Gasteiger partial charge in [-0.05, 0) is 51.8 Å². The Morgan fingerprint density at radius 1 is 1.30 bits per heavy atom. The Labute approximate surface area is 125 Å². The first kappa shape index (κ1) is 14.4. The van der Waals surface area contributed by atoms with Crippen molar-refractivity contribution in [3.63, 3.8) is 0 Å². The van der Waals surface area contributed by atoms with Crippen LogP contribution >= 0.6 is 15.9 Å². The monoisotopic (exact) mass is 334 g/mol. The predicted molar refractivity (Wildman–Crippen MR) is 79.1 cm³/mol. The van der Waals surface area contributed by atoms with Gasteiger partial charge in [0.25, 0.3) is 0 Å². The van der Waals surface area contributed by atoms with Crippen molar-refractivity contribution in [1.29, 1.82) is 5.26 Å². The largest absolute Gasteiger partial charge is 0.495 e. The lowest BCUT2D eigenvalue weighted by atomic mass is 10.1. The molecule has 0 spiro atoms. The van der Waals surface area contributed by atoms with E-state index in [1.165, 1.54) is 13.2 Å². The summed E-state index contributed by atoms with van der Waals surface area (Å²) >= 11 is 3.14. The quantitative estimate of drug-likeness (QED) is 0.916. The number of hydrogen-bond acceptors (Lipinski definition) is 3. The second kappa shape index (κ2) is 6.40. The zero-order valence-corrected chi connectivity index (χ0v) is 12.4. The Balaban J connectivity index is 2.11. The number of benzene rings is 2. The Bertz CT molecular complexity index is 667. The molecule has 0 amide bonds. The average molecular weight is 335 g/mol. The zero-order chi connectivity index (χ0) is 14.5. The molecule has 3 nitrogen and oxygen atoms in total. The molecule has 0 radical (unpaired) electrons. The van der Waals surface area contributed by atoms with Crippen LogP contribution in [-0.2, 0) is 6.54 Å². The number of hydrogen-bond donors (Lipinski definition) is 1. The summed E-state index contributed by atoms with van der Waals surface area (Å²) in [4.78, 5) is 0. The van der Waals surface area contributed by atoms with Gasteiger partial charge < -0.3 is 10.1 Å². The zero-order valence-electron chi connectivity index (χ0n) is 10.8. The maximum absolute atomic E-state index is 13.1. The number of methoxy groups -OCH3 is 1. The van der Waals surface area contributed by atoms with Gasteiger partial charge in [-0.2, -0.15) is 5.26 Å². The molecule has 0 saturated carbocycles. The number of anilines is 1. The summed E-state index contributed by atoms with van der Waals surface area (Å²) in [5.74, 6) is 0.252. The normalized spacial score (nSPS) is 9.90. The minimum Gasteiger partial charge on any atom is -0.495 e. The highest BCUT2D eigenvalue weighted by atomic mass is 79.9. The van der Waals surface area contributed by atoms with E-state index in [4.69, 9.17) is 10.00 Å². The molecule has 5 heteroatoms. The van der Waals surface area contributed by atoms with Crippen molar-refractivity contribution in [2.24, 2.45) is 0 Å². The lowest BCUT2D eigenvalue weighted by Gasteiger charge is -2.09. The molecule has 2 aromatic rings. The van der Waals surface area contributed by atoms with Crippen LogP contribution < -0.4 is 10.1 Å². The second-order valence-electron chi connectivity index (χ2n) is 4.13. The third-order valence-corrected chi connectivity index (χ3v) is 3.41. The van der Waals surface area contributed by atoms with Crippen LogP contribution in [-0.4, -0.2) is 7.11 Å². The molecule has 0 unspecified atom stereocenters. The van der Waals surface area contributed by atoms with E-state index in [2.05, 4.69) is 27.3 Å². The van der Waals surface area contributed by atoms with E-state index in [1.54, 1.807) is 18.2 Å². The number of nitriles is 1. The Hall–Kier alpha value is -2.06. The molecule has 0 aliphatic carbocycles. The third-order valence-electron chi connectivity index (χ3n) is 2.80. The number of nitrogens with zero attached hydrogens (tertiary/aromatic N) is 1. The summed E-state index contributed by atoms with van der Waals surface area (Å²) in [6, 6.07) is 12.2. The van der Waals surface area contributed by atoms with Gasteiger partial charge in [-0.3, -0.25) is 0 Å². The van der Waals surface area contributed by atoms with Gasteiger partial charge >= 0.3 is 0 Å². The molecule has 1 N–H and O–H groups in total. The van der Waals surface area contributed by atoms with Crippen molar-refractivity contribution in [3.8, 4) is 11.8 Å². The fourth-order valence-electron chi connectivity index (χ4n) is 1.75. The molecule has 0 fully saturated rings. The highest BCUT2D eigenvalue weighted by molar-refractivity contribution is 9.10. The number of ether oxygens (including phenoxy) is 1. The SMILES string of the molecule is COc1cc(CNc2ccc(F)c(Br)c2)ccc1C#N. The van der Waals surface area contributed by atoms with E-state index in [1.807, 2.05) is 12.1 Å². The number of halogens is 2. The van der Waals surface area contributed by atoms with E-state index < -0.39 is 0 Å². The highest BCUT2D eigenvalue weighted by Crippen LogP contribution is 2.22. The molecule has 0 heterocycles. The standard InChI is InChI=1S/C15H12BrFN2O/c1-20-15-6-10(2-3-11(15)8-18)9-19-12-4-5-14(17)13(16)7-12/h2-7,19H,9H2,1H3. The van der Waals surface area contributed by atoms with Gasteiger partial charge in [0.1, 0.15) is 17.6 Å². The van der Waals surface area contributed by atoms with Crippen LogP contribution in [0.25, 0.3) is 0 Å². The van der Waals surface area contributed by atoms with Gasteiger partial charge in [0.05, 0.1) is 17.1 Å². The van der Waals surface area contributed by atoms with Crippen LogP contribution in [0.2, 0.25) is 0 Å². The molecule has 0 aromatic heterocycles. The van der Waals surface area contributed by atoms with Crippen molar-refractivity contribution in [3.05, 3.63) is 57.8 Å². The summed E-state index contributed by atoms with van der Waals surface area (Å²) in [6.45, 7) is 0.556. The lowest BCUT2D eigenvalue weighted by molar-refractivity contribution is 0.413. The van der Waals surface area contributed by atoms with E-state index >= 15 is 0 Å². The van der Waals surface area contributed by atoms with E-state index in [0.29, 0.717) is 22.3 Å². The van der Waals surface area contributed by atoms with Crippen molar-refractivity contribution in [2.75, 3.05) is 12.4 Å². The molecule has 2 aromatic carbocycles. The number of nitrogens with one attached hydrogen (secondary N) is 1. The van der Waals surface area contributed by atoms with Crippen LogP contribution in [0.5, 0.6) is 5.75 Å². The van der Waals surface area contributed by atoms with Crippen LogP contribution in [0.15, 0.2) is 40.9 Å². The van der Waals surface area contributed by atoms with E-state index in [0.717, 1.165) is 11.3 Å². The molecule has 102 valence electrons. The molecule has 20 heavy (non-hydrogen) atoms. The summed E-state index contributed by atoms with van der Waals surface area (Å²) in [5.41, 5.74) is 2.28. The van der Waals surface area contributed by atoms with Gasteiger partial charge in [0, 0.05) is 12.2 Å². The highest BCUT2D eigenvalue weighted by Gasteiger charge is 2.04. The molecule has 0 atom stereocenters. The minimum absolute atomic E-state index is 0.296. The van der Waals surface area contributed by atoms with E-state index in [9.17, 15) is 4.39 Å². The summed E-state index contributed by atoms with van der Waals surface area (Å²) in [7, 11) is 1.53. The van der Waals surface area contributed by atoms with Gasteiger partial charge in [0.2, 0.25) is 0 Å². The molecular formula is C15H12BrFN2O. The van der Waals surface area contributed by atoms with Crippen molar-refractivity contribution in [2.45, 2.75) is 6.54 Å². The second-order valence-corrected chi connectivity index (χ2v) is 4.98. The minimum atomic E-state index is -0.296. The topological polar surface area (TPSA) is 45.0 Å². The fourth-order valence-corrected chi connectivity index (χ4v) is 2.13. The summed E-state index contributed by atoms with van der Waals surface area (Å²) in [5, 5.41) is 12.1. The average Bonchev–Trinajstić information content (AvgIpc) is 2.48. The maximum Gasteiger partial charge on any atom is 0.137 e. The van der Waals surface area contributed by atoms with Crippen molar-refractivity contribution < 1.29 is 9.13 Å². The van der Waals surface area contributed by atoms with Crippen LogP contribution in [0, 0.1) is 17.1 Å². The first-order chi connectivity index (χ1) is 9.63. The molecule has 2 rings (SSSR count).